The Balaban J connectivity index is 1.56. The number of aryl methyl sites for hydroxylation is 1. The summed E-state index contributed by atoms with van der Waals surface area (Å²) >= 11 is 1.63. The number of carbonyl (C=O) groups is 1. The third kappa shape index (κ3) is 4.39. The van der Waals surface area contributed by atoms with Crippen LogP contribution >= 0.6 is 11.3 Å². The third-order valence-electron chi connectivity index (χ3n) is 4.50. The maximum absolute atomic E-state index is 12.3. The van der Waals surface area contributed by atoms with E-state index in [0.717, 1.165) is 23.9 Å². The maximum Gasteiger partial charge on any atom is 0.242 e. The largest absolute Gasteiger partial charge is 0.349 e. The van der Waals surface area contributed by atoms with Crippen LogP contribution in [0.3, 0.4) is 0 Å². The molecule has 1 unspecified atom stereocenters. The molecule has 0 radical (unpaired) electrons. The van der Waals surface area contributed by atoms with Crippen LogP contribution in [0, 0.1) is 12.8 Å². The van der Waals surface area contributed by atoms with Gasteiger partial charge in [0.05, 0.1) is 18.3 Å². The van der Waals surface area contributed by atoms with Gasteiger partial charge < -0.3 is 16.0 Å². The van der Waals surface area contributed by atoms with Crippen LogP contribution in [-0.4, -0.2) is 38.7 Å². The number of rotatable bonds is 7. The molecule has 0 saturated carbocycles. The number of hydrogen-bond acceptors (Lipinski definition) is 7. The minimum atomic E-state index is -0.245. The second kappa shape index (κ2) is 8.13. The molecule has 0 spiro atoms. The number of hydrogen-bond donors (Lipinski definition) is 2. The predicted molar refractivity (Wildman–Crippen MR) is 102 cm³/mol. The molecule has 3 heterocycles. The molecule has 9 heteroatoms. The van der Waals surface area contributed by atoms with Gasteiger partial charge in [0.15, 0.2) is 5.13 Å². The van der Waals surface area contributed by atoms with Gasteiger partial charge in [0.1, 0.15) is 18.2 Å². The summed E-state index contributed by atoms with van der Waals surface area (Å²) in [6.45, 7) is 8.54. The Kier molecular flexibility index (Phi) is 5.87. The molecular formula is C17H27N7OS. The lowest BCUT2D eigenvalue weighted by Crippen LogP contribution is -2.30. The molecule has 3 N–H and O–H groups in total. The van der Waals surface area contributed by atoms with E-state index in [2.05, 4.69) is 25.3 Å². The van der Waals surface area contributed by atoms with E-state index in [4.69, 9.17) is 5.73 Å². The Morgan fingerprint density at radius 1 is 1.35 bits per heavy atom. The monoisotopic (exact) mass is 377 g/mol. The van der Waals surface area contributed by atoms with E-state index in [1.54, 1.807) is 22.9 Å². The number of anilines is 1. The second-order valence-corrected chi connectivity index (χ2v) is 7.87. The average Bonchev–Trinajstić information content (AvgIpc) is 3.32. The highest BCUT2D eigenvalue weighted by atomic mass is 32.1. The van der Waals surface area contributed by atoms with E-state index in [0.29, 0.717) is 18.2 Å². The molecule has 0 aliphatic carbocycles. The molecule has 2 aromatic heterocycles. The van der Waals surface area contributed by atoms with E-state index in [-0.39, 0.29) is 24.4 Å². The van der Waals surface area contributed by atoms with Crippen LogP contribution in [0.1, 0.15) is 50.1 Å². The van der Waals surface area contributed by atoms with Gasteiger partial charge in [-0.3, -0.25) is 4.79 Å². The summed E-state index contributed by atoms with van der Waals surface area (Å²) in [7, 11) is 0. The topological polar surface area (TPSA) is 102 Å². The Morgan fingerprint density at radius 3 is 2.77 bits per heavy atom. The smallest absolute Gasteiger partial charge is 0.242 e. The number of nitrogens with one attached hydrogen (secondary N) is 1. The molecule has 1 saturated heterocycles. The molecular weight excluding hydrogens is 350 g/mol. The highest BCUT2D eigenvalue weighted by Crippen LogP contribution is 2.24. The molecule has 26 heavy (non-hydrogen) atoms. The van der Waals surface area contributed by atoms with Gasteiger partial charge in [0.25, 0.3) is 0 Å². The lowest BCUT2D eigenvalue weighted by Gasteiger charge is -2.15. The molecule has 142 valence electrons. The van der Waals surface area contributed by atoms with Gasteiger partial charge >= 0.3 is 0 Å². The summed E-state index contributed by atoms with van der Waals surface area (Å²) < 4.78 is 1.60. The Bertz CT molecular complexity index is 748. The summed E-state index contributed by atoms with van der Waals surface area (Å²) in [4.78, 5) is 23.6. The third-order valence-corrected chi connectivity index (χ3v) is 5.45. The molecule has 2 aromatic rings. The van der Waals surface area contributed by atoms with Crippen LogP contribution < -0.4 is 16.0 Å². The number of amides is 1. The first-order valence-corrected chi connectivity index (χ1v) is 9.95. The minimum absolute atomic E-state index is 0.111. The summed E-state index contributed by atoms with van der Waals surface area (Å²) in [5.74, 6) is 1.37. The van der Waals surface area contributed by atoms with Gasteiger partial charge in [0.2, 0.25) is 5.91 Å². The van der Waals surface area contributed by atoms with E-state index >= 15 is 0 Å². The van der Waals surface area contributed by atoms with Crippen molar-refractivity contribution in [3.8, 4) is 0 Å². The van der Waals surface area contributed by atoms with Gasteiger partial charge in [-0.25, -0.2) is 14.6 Å². The van der Waals surface area contributed by atoms with Crippen molar-refractivity contribution < 1.29 is 4.79 Å². The molecule has 1 aliphatic rings. The fourth-order valence-corrected chi connectivity index (χ4v) is 3.82. The van der Waals surface area contributed by atoms with Crippen molar-refractivity contribution >= 4 is 22.4 Å². The normalized spacial score (nSPS) is 15.7. The number of carbonyl (C=O) groups excluding carboxylic acids is 1. The Labute approximate surface area is 157 Å². The van der Waals surface area contributed by atoms with Crippen LogP contribution in [-0.2, 0) is 17.9 Å². The van der Waals surface area contributed by atoms with Crippen molar-refractivity contribution in [3.63, 3.8) is 0 Å². The first-order chi connectivity index (χ1) is 12.4. The van der Waals surface area contributed by atoms with Crippen LogP contribution in [0.2, 0.25) is 0 Å². The second-order valence-electron chi connectivity index (χ2n) is 7.04. The number of aromatic nitrogens is 4. The fourth-order valence-electron chi connectivity index (χ4n) is 2.95. The first kappa shape index (κ1) is 18.8. The first-order valence-electron chi connectivity index (χ1n) is 9.07. The molecule has 1 aliphatic heterocycles. The zero-order chi connectivity index (χ0) is 18.7. The van der Waals surface area contributed by atoms with Crippen LogP contribution in [0.5, 0.6) is 0 Å². The van der Waals surface area contributed by atoms with Crippen molar-refractivity contribution in [3.05, 3.63) is 22.7 Å². The number of nitrogens with two attached hydrogens (primary N) is 1. The van der Waals surface area contributed by atoms with Crippen molar-refractivity contribution in [2.45, 2.75) is 52.7 Å². The molecule has 3 rings (SSSR count). The Morgan fingerprint density at radius 2 is 2.08 bits per heavy atom. The lowest BCUT2D eigenvalue weighted by atomic mass is 10.1. The summed E-state index contributed by atoms with van der Waals surface area (Å²) in [6.07, 6.45) is 2.45. The van der Waals surface area contributed by atoms with Crippen LogP contribution in [0.4, 0.5) is 5.13 Å². The maximum atomic E-state index is 12.3. The standard InChI is InChI=1S/C17H27N7OS/c1-11(2)15(18)16-20-12(3)22-24(16)9-14(25)19-8-13-10-26-17(21-13)23-6-4-5-7-23/h10-11,15H,4-9,18H2,1-3H3,(H,19,25). The van der Waals surface area contributed by atoms with Gasteiger partial charge in [-0.05, 0) is 25.7 Å². The number of thiazole rings is 1. The average molecular weight is 378 g/mol. The van der Waals surface area contributed by atoms with Gasteiger partial charge in [-0.15, -0.1) is 11.3 Å². The molecule has 0 bridgehead atoms. The van der Waals surface area contributed by atoms with E-state index < -0.39 is 0 Å². The van der Waals surface area contributed by atoms with Crippen molar-refractivity contribution in [1.82, 2.24) is 25.1 Å². The summed E-state index contributed by atoms with van der Waals surface area (Å²) in [5, 5.41) is 10.3. The molecule has 1 atom stereocenters. The van der Waals surface area contributed by atoms with Gasteiger partial charge in [-0.2, -0.15) is 5.10 Å². The summed E-state index contributed by atoms with van der Waals surface area (Å²) in [5.41, 5.74) is 7.07. The van der Waals surface area contributed by atoms with Crippen LogP contribution in [0.15, 0.2) is 5.38 Å². The molecule has 1 amide bonds. The van der Waals surface area contributed by atoms with Gasteiger partial charge in [-0.1, -0.05) is 13.8 Å². The summed E-state index contributed by atoms with van der Waals surface area (Å²) in [6, 6.07) is -0.245. The molecule has 8 nitrogen and oxygen atoms in total. The van der Waals surface area contributed by atoms with Crippen molar-refractivity contribution in [2.75, 3.05) is 18.0 Å². The highest BCUT2D eigenvalue weighted by Gasteiger charge is 2.20. The van der Waals surface area contributed by atoms with Gasteiger partial charge in [0, 0.05) is 18.5 Å². The highest BCUT2D eigenvalue weighted by molar-refractivity contribution is 7.13. The SMILES string of the molecule is Cc1nc(C(N)C(C)C)n(CC(=O)NCc2csc(N3CCCC3)n2)n1. The fraction of sp³-hybridized carbons (Fsp3) is 0.647. The minimum Gasteiger partial charge on any atom is -0.349 e. The molecule has 1 fully saturated rings. The van der Waals surface area contributed by atoms with E-state index in [9.17, 15) is 4.79 Å². The zero-order valence-corrected chi connectivity index (χ0v) is 16.4. The Hall–Kier alpha value is -2.00. The predicted octanol–water partition coefficient (Wildman–Crippen LogP) is 1.62. The van der Waals surface area contributed by atoms with Crippen molar-refractivity contribution in [1.29, 1.82) is 0 Å². The zero-order valence-electron chi connectivity index (χ0n) is 15.6. The quantitative estimate of drug-likeness (QED) is 0.760. The van der Waals surface area contributed by atoms with Crippen molar-refractivity contribution in [2.24, 2.45) is 11.7 Å². The molecule has 0 aromatic carbocycles. The number of nitrogens with zero attached hydrogens (tertiary/aromatic N) is 5. The lowest BCUT2D eigenvalue weighted by molar-refractivity contribution is -0.122. The van der Waals surface area contributed by atoms with Crippen LogP contribution in [0.25, 0.3) is 0 Å². The van der Waals surface area contributed by atoms with E-state index in [1.165, 1.54) is 12.8 Å². The van der Waals surface area contributed by atoms with E-state index in [1.807, 2.05) is 19.2 Å².